The van der Waals surface area contributed by atoms with E-state index in [1.54, 1.807) is 73.7 Å². The summed E-state index contributed by atoms with van der Waals surface area (Å²) < 4.78 is 10.4. The number of ether oxygens (including phenoxy) is 2. The molecule has 4 rings (SSSR count). The second kappa shape index (κ2) is 11.6. The lowest BCUT2D eigenvalue weighted by Gasteiger charge is -2.15. The number of anilines is 3. The van der Waals surface area contributed by atoms with Gasteiger partial charge in [-0.15, -0.1) is 0 Å². The SMILES string of the molecule is CCOC(=O)c1cccc(NC(=O)c2ccc(NC3=C(Cl)C(=O)N(c4ccc(OCC)cc4)C3=O)cc2)c1. The molecule has 0 atom stereocenters. The van der Waals surface area contributed by atoms with E-state index in [2.05, 4.69) is 10.6 Å². The predicted molar refractivity (Wildman–Crippen MR) is 143 cm³/mol. The molecule has 10 heteroatoms. The minimum absolute atomic E-state index is 0.0708. The Morgan fingerprint density at radius 3 is 2.21 bits per heavy atom. The molecule has 3 amide bonds. The fourth-order valence-corrected chi connectivity index (χ4v) is 3.91. The average molecular weight is 534 g/mol. The summed E-state index contributed by atoms with van der Waals surface area (Å²) >= 11 is 6.21. The molecule has 3 aromatic rings. The highest BCUT2D eigenvalue weighted by atomic mass is 35.5. The van der Waals surface area contributed by atoms with Gasteiger partial charge >= 0.3 is 5.97 Å². The second-order valence-corrected chi connectivity index (χ2v) is 8.40. The Balaban J connectivity index is 1.43. The van der Waals surface area contributed by atoms with Crippen LogP contribution < -0.4 is 20.3 Å². The van der Waals surface area contributed by atoms with Crippen molar-refractivity contribution in [1.82, 2.24) is 0 Å². The highest BCUT2D eigenvalue weighted by Crippen LogP contribution is 2.31. The summed E-state index contributed by atoms with van der Waals surface area (Å²) in [7, 11) is 0. The minimum Gasteiger partial charge on any atom is -0.494 e. The molecule has 0 unspecified atom stereocenters. The van der Waals surface area contributed by atoms with Gasteiger partial charge in [-0.25, -0.2) is 9.69 Å². The lowest BCUT2D eigenvalue weighted by atomic mass is 10.1. The molecule has 9 nitrogen and oxygen atoms in total. The van der Waals surface area contributed by atoms with Crippen molar-refractivity contribution in [2.75, 3.05) is 28.7 Å². The van der Waals surface area contributed by atoms with Gasteiger partial charge in [0.2, 0.25) is 0 Å². The average Bonchev–Trinajstić information content (AvgIpc) is 3.13. The van der Waals surface area contributed by atoms with Gasteiger partial charge in [0.05, 0.1) is 24.5 Å². The lowest BCUT2D eigenvalue weighted by Crippen LogP contribution is -2.32. The Bertz CT molecular complexity index is 1420. The van der Waals surface area contributed by atoms with Crippen LogP contribution in [-0.4, -0.2) is 36.9 Å². The monoisotopic (exact) mass is 533 g/mol. The number of carbonyl (C=O) groups is 4. The number of rotatable bonds is 9. The van der Waals surface area contributed by atoms with Crippen LogP contribution in [0.1, 0.15) is 34.6 Å². The topological polar surface area (TPSA) is 114 Å². The summed E-state index contributed by atoms with van der Waals surface area (Å²) in [5.41, 5.74) is 1.83. The van der Waals surface area contributed by atoms with Gasteiger partial charge in [0.1, 0.15) is 16.5 Å². The van der Waals surface area contributed by atoms with Crippen molar-refractivity contribution in [3.63, 3.8) is 0 Å². The molecule has 0 bridgehead atoms. The van der Waals surface area contributed by atoms with Gasteiger partial charge in [-0.05, 0) is 80.6 Å². The first-order chi connectivity index (χ1) is 18.3. The maximum atomic E-state index is 13.0. The van der Waals surface area contributed by atoms with Crippen LogP contribution in [0.3, 0.4) is 0 Å². The van der Waals surface area contributed by atoms with E-state index in [4.69, 9.17) is 21.1 Å². The fourth-order valence-electron chi connectivity index (χ4n) is 3.69. The summed E-state index contributed by atoms with van der Waals surface area (Å²) in [6.07, 6.45) is 0. The fraction of sp³-hybridized carbons (Fsp3) is 0.143. The number of hydrogen-bond donors (Lipinski definition) is 2. The molecule has 0 saturated carbocycles. The molecule has 0 aliphatic carbocycles. The maximum absolute atomic E-state index is 13.0. The van der Waals surface area contributed by atoms with E-state index in [-0.39, 0.29) is 17.3 Å². The molecule has 1 heterocycles. The van der Waals surface area contributed by atoms with Crippen LogP contribution in [0.4, 0.5) is 17.1 Å². The van der Waals surface area contributed by atoms with Crippen LogP contribution in [-0.2, 0) is 14.3 Å². The third kappa shape index (κ3) is 5.68. The Kier molecular flexibility index (Phi) is 8.08. The number of nitrogens with zero attached hydrogens (tertiary/aromatic N) is 1. The van der Waals surface area contributed by atoms with E-state index in [1.165, 1.54) is 6.07 Å². The maximum Gasteiger partial charge on any atom is 0.338 e. The van der Waals surface area contributed by atoms with Gasteiger partial charge in [-0.2, -0.15) is 0 Å². The molecule has 0 saturated heterocycles. The van der Waals surface area contributed by atoms with Crippen LogP contribution in [0.25, 0.3) is 0 Å². The first-order valence-electron chi connectivity index (χ1n) is 11.8. The summed E-state index contributed by atoms with van der Waals surface area (Å²) in [6.45, 7) is 4.31. The van der Waals surface area contributed by atoms with Gasteiger partial charge < -0.3 is 20.1 Å². The van der Waals surface area contributed by atoms with Crippen LogP contribution >= 0.6 is 11.6 Å². The van der Waals surface area contributed by atoms with Crippen molar-refractivity contribution >= 4 is 52.4 Å². The number of halogens is 1. The van der Waals surface area contributed by atoms with Gasteiger partial charge in [0, 0.05) is 16.9 Å². The zero-order valence-electron chi connectivity index (χ0n) is 20.6. The molecular weight excluding hydrogens is 510 g/mol. The quantitative estimate of drug-likeness (QED) is 0.295. The van der Waals surface area contributed by atoms with E-state index < -0.39 is 23.7 Å². The van der Waals surface area contributed by atoms with Crippen LogP contribution in [0, 0.1) is 0 Å². The third-order valence-corrected chi connectivity index (χ3v) is 5.83. The van der Waals surface area contributed by atoms with Gasteiger partial charge in [0.25, 0.3) is 17.7 Å². The molecule has 1 aliphatic heterocycles. The first-order valence-corrected chi connectivity index (χ1v) is 12.2. The largest absolute Gasteiger partial charge is 0.494 e. The van der Waals surface area contributed by atoms with E-state index in [9.17, 15) is 19.2 Å². The highest BCUT2D eigenvalue weighted by molar-refractivity contribution is 6.53. The van der Waals surface area contributed by atoms with Crippen molar-refractivity contribution in [2.45, 2.75) is 13.8 Å². The standard InChI is InChI=1S/C28H24ClN3O6/c1-3-37-22-14-12-21(13-15-22)32-26(34)23(29)24(27(32)35)30-19-10-8-17(9-11-19)25(33)31-20-7-5-6-18(16-20)28(36)38-4-2/h5-16,30H,3-4H2,1-2H3,(H,31,33). The van der Waals surface area contributed by atoms with Crippen molar-refractivity contribution < 1.29 is 28.7 Å². The molecule has 0 fully saturated rings. The van der Waals surface area contributed by atoms with Crippen molar-refractivity contribution in [3.8, 4) is 5.75 Å². The molecule has 2 N–H and O–H groups in total. The Morgan fingerprint density at radius 1 is 0.842 bits per heavy atom. The molecule has 0 spiro atoms. The molecule has 194 valence electrons. The molecule has 0 aromatic heterocycles. The van der Waals surface area contributed by atoms with E-state index in [0.717, 1.165) is 4.90 Å². The lowest BCUT2D eigenvalue weighted by molar-refractivity contribution is -0.120. The Hall–Kier alpha value is -4.63. The van der Waals surface area contributed by atoms with Crippen LogP contribution in [0.15, 0.2) is 83.5 Å². The first kappa shape index (κ1) is 26.4. The Labute approximate surface area is 224 Å². The molecule has 0 radical (unpaired) electrons. The predicted octanol–water partition coefficient (Wildman–Crippen LogP) is 4.95. The summed E-state index contributed by atoms with van der Waals surface area (Å²) in [4.78, 5) is 51.3. The highest BCUT2D eigenvalue weighted by Gasteiger charge is 2.39. The van der Waals surface area contributed by atoms with E-state index in [0.29, 0.717) is 40.5 Å². The number of imide groups is 1. The molecule has 38 heavy (non-hydrogen) atoms. The van der Waals surface area contributed by atoms with E-state index in [1.807, 2.05) is 6.92 Å². The van der Waals surface area contributed by atoms with Gasteiger partial charge in [-0.1, -0.05) is 17.7 Å². The van der Waals surface area contributed by atoms with Crippen LogP contribution in [0.2, 0.25) is 0 Å². The van der Waals surface area contributed by atoms with Gasteiger partial charge in [0.15, 0.2) is 0 Å². The van der Waals surface area contributed by atoms with Gasteiger partial charge in [-0.3, -0.25) is 14.4 Å². The molecular formula is C28H24ClN3O6. The van der Waals surface area contributed by atoms with Crippen molar-refractivity contribution in [2.24, 2.45) is 0 Å². The normalized spacial score (nSPS) is 13.0. The zero-order chi connectivity index (χ0) is 27.2. The Morgan fingerprint density at radius 2 is 1.55 bits per heavy atom. The summed E-state index contributed by atoms with van der Waals surface area (Å²) in [6, 6.07) is 19.2. The van der Waals surface area contributed by atoms with Crippen LogP contribution in [0.5, 0.6) is 5.75 Å². The third-order valence-electron chi connectivity index (χ3n) is 5.48. The van der Waals surface area contributed by atoms with Crippen molar-refractivity contribution in [1.29, 1.82) is 0 Å². The molecule has 1 aliphatic rings. The van der Waals surface area contributed by atoms with E-state index >= 15 is 0 Å². The summed E-state index contributed by atoms with van der Waals surface area (Å²) in [5.74, 6) is -1.52. The number of hydrogen-bond acceptors (Lipinski definition) is 7. The number of amides is 3. The number of carbonyl (C=O) groups excluding carboxylic acids is 4. The zero-order valence-corrected chi connectivity index (χ0v) is 21.4. The smallest absolute Gasteiger partial charge is 0.338 e. The second-order valence-electron chi connectivity index (χ2n) is 8.02. The minimum atomic E-state index is -0.649. The summed E-state index contributed by atoms with van der Waals surface area (Å²) in [5, 5.41) is 5.37. The number of nitrogens with one attached hydrogen (secondary N) is 2. The van der Waals surface area contributed by atoms with Crippen molar-refractivity contribution in [3.05, 3.63) is 94.7 Å². The molecule has 3 aromatic carbocycles. The number of esters is 1. The number of benzene rings is 3.